The highest BCUT2D eigenvalue weighted by Crippen LogP contribution is 2.27. The van der Waals surface area contributed by atoms with Gasteiger partial charge in [0.05, 0.1) is 19.3 Å². The fourth-order valence-corrected chi connectivity index (χ4v) is 1.90. The van der Waals surface area contributed by atoms with E-state index in [0.717, 1.165) is 5.56 Å². The molecule has 1 heterocycles. The van der Waals surface area contributed by atoms with E-state index in [4.69, 9.17) is 14.0 Å². The van der Waals surface area contributed by atoms with E-state index in [0.29, 0.717) is 37.0 Å². The monoisotopic (exact) mass is 305 g/mol. The minimum absolute atomic E-state index is 0.0749. The average Bonchev–Trinajstić information content (AvgIpc) is 3.02. The topological polar surface area (TPSA) is 86.5 Å². The van der Waals surface area contributed by atoms with E-state index in [1.54, 1.807) is 14.2 Å². The first kappa shape index (κ1) is 16.0. The molecule has 0 aliphatic carbocycles. The van der Waals surface area contributed by atoms with Crippen molar-refractivity contribution in [3.63, 3.8) is 0 Å². The molecule has 0 bridgehead atoms. The number of para-hydroxylation sites is 1. The van der Waals surface area contributed by atoms with Crippen LogP contribution in [0.25, 0.3) is 11.4 Å². The normalized spacial score (nSPS) is 10.5. The lowest BCUT2D eigenvalue weighted by Gasteiger charge is -2.03. The third-order valence-electron chi connectivity index (χ3n) is 3.01. The van der Waals surface area contributed by atoms with Crippen LogP contribution in [-0.2, 0) is 16.0 Å². The first-order chi connectivity index (χ1) is 10.7. The van der Waals surface area contributed by atoms with Crippen molar-refractivity contribution < 1.29 is 18.8 Å². The molecule has 1 amide bonds. The number of aryl methyl sites for hydroxylation is 1. The standard InChI is InChI=1S/C15H19N3O4/c1-20-10-9-16-13(19)7-8-14-17-15(18-22-14)11-5-3-4-6-12(11)21-2/h3-6H,7-10H2,1-2H3,(H,16,19). The Kier molecular flexibility index (Phi) is 5.91. The van der Waals surface area contributed by atoms with Crippen molar-refractivity contribution in [2.24, 2.45) is 0 Å². The Balaban J connectivity index is 1.93. The summed E-state index contributed by atoms with van der Waals surface area (Å²) in [5.74, 6) is 1.47. The van der Waals surface area contributed by atoms with Crippen molar-refractivity contribution in [1.82, 2.24) is 15.5 Å². The lowest BCUT2D eigenvalue weighted by atomic mass is 10.2. The summed E-state index contributed by atoms with van der Waals surface area (Å²) in [6.07, 6.45) is 0.679. The average molecular weight is 305 g/mol. The van der Waals surface area contributed by atoms with Crippen molar-refractivity contribution >= 4 is 5.91 Å². The Bertz CT molecular complexity index is 612. The zero-order chi connectivity index (χ0) is 15.8. The van der Waals surface area contributed by atoms with Crippen LogP contribution >= 0.6 is 0 Å². The van der Waals surface area contributed by atoms with E-state index in [-0.39, 0.29) is 12.3 Å². The number of hydrogen-bond acceptors (Lipinski definition) is 6. The van der Waals surface area contributed by atoms with Crippen LogP contribution in [0.4, 0.5) is 0 Å². The van der Waals surface area contributed by atoms with Gasteiger partial charge in [-0.3, -0.25) is 4.79 Å². The van der Waals surface area contributed by atoms with Gasteiger partial charge in [0.1, 0.15) is 5.75 Å². The van der Waals surface area contributed by atoms with Crippen molar-refractivity contribution in [3.05, 3.63) is 30.2 Å². The van der Waals surface area contributed by atoms with E-state index < -0.39 is 0 Å². The Morgan fingerprint density at radius 3 is 2.91 bits per heavy atom. The van der Waals surface area contributed by atoms with Gasteiger partial charge in [-0.15, -0.1) is 0 Å². The smallest absolute Gasteiger partial charge is 0.227 e. The van der Waals surface area contributed by atoms with Crippen molar-refractivity contribution in [3.8, 4) is 17.1 Å². The second-order valence-corrected chi connectivity index (χ2v) is 4.55. The molecule has 2 rings (SSSR count). The maximum atomic E-state index is 11.6. The number of benzene rings is 1. The second-order valence-electron chi connectivity index (χ2n) is 4.55. The van der Waals surface area contributed by atoms with Crippen LogP contribution in [-0.4, -0.2) is 43.4 Å². The molecule has 0 aliphatic heterocycles. The maximum Gasteiger partial charge on any atom is 0.227 e. The quantitative estimate of drug-likeness (QED) is 0.743. The van der Waals surface area contributed by atoms with E-state index in [9.17, 15) is 4.79 Å². The van der Waals surface area contributed by atoms with E-state index in [2.05, 4.69) is 15.5 Å². The number of carbonyl (C=O) groups excluding carboxylic acids is 1. The number of rotatable bonds is 8. The highest BCUT2D eigenvalue weighted by molar-refractivity contribution is 5.76. The van der Waals surface area contributed by atoms with Crippen LogP contribution in [0, 0.1) is 0 Å². The highest BCUT2D eigenvalue weighted by Gasteiger charge is 2.13. The first-order valence-corrected chi connectivity index (χ1v) is 6.96. The zero-order valence-electron chi connectivity index (χ0n) is 12.7. The van der Waals surface area contributed by atoms with Gasteiger partial charge in [0, 0.05) is 26.5 Å². The Labute approximate surface area is 128 Å². The third kappa shape index (κ3) is 4.29. The SMILES string of the molecule is COCCNC(=O)CCc1nc(-c2ccccc2OC)no1. The number of ether oxygens (including phenoxy) is 2. The van der Waals surface area contributed by atoms with Crippen LogP contribution in [0.3, 0.4) is 0 Å². The summed E-state index contributed by atoms with van der Waals surface area (Å²) < 4.78 is 15.3. The lowest BCUT2D eigenvalue weighted by Crippen LogP contribution is -2.27. The highest BCUT2D eigenvalue weighted by atomic mass is 16.5. The van der Waals surface area contributed by atoms with Gasteiger partial charge in [-0.1, -0.05) is 17.3 Å². The molecule has 0 fully saturated rings. The van der Waals surface area contributed by atoms with E-state index in [1.165, 1.54) is 0 Å². The van der Waals surface area contributed by atoms with Gasteiger partial charge in [-0.2, -0.15) is 4.98 Å². The van der Waals surface area contributed by atoms with Crippen molar-refractivity contribution in [2.45, 2.75) is 12.8 Å². The number of amides is 1. The minimum Gasteiger partial charge on any atom is -0.496 e. The number of hydrogen-bond donors (Lipinski definition) is 1. The Hall–Kier alpha value is -2.41. The molecule has 0 saturated heterocycles. The van der Waals surface area contributed by atoms with Gasteiger partial charge in [0.15, 0.2) is 0 Å². The summed E-state index contributed by atoms with van der Waals surface area (Å²) in [4.78, 5) is 15.9. The molecule has 0 unspecified atom stereocenters. The molecule has 0 radical (unpaired) electrons. The summed E-state index contributed by atoms with van der Waals surface area (Å²) in [5.41, 5.74) is 0.754. The molecule has 0 aliphatic rings. The molecule has 0 saturated carbocycles. The minimum atomic E-state index is -0.0749. The summed E-state index contributed by atoms with van der Waals surface area (Å²) in [5, 5.41) is 6.67. The van der Waals surface area contributed by atoms with E-state index in [1.807, 2.05) is 24.3 Å². The molecule has 7 heteroatoms. The molecule has 2 aromatic rings. The summed E-state index contributed by atoms with van der Waals surface area (Å²) >= 11 is 0. The van der Waals surface area contributed by atoms with Crippen LogP contribution in [0.2, 0.25) is 0 Å². The Morgan fingerprint density at radius 1 is 1.32 bits per heavy atom. The van der Waals surface area contributed by atoms with Gasteiger partial charge in [-0.25, -0.2) is 0 Å². The number of aromatic nitrogens is 2. The molecular formula is C15H19N3O4. The predicted molar refractivity (Wildman–Crippen MR) is 79.5 cm³/mol. The third-order valence-corrected chi connectivity index (χ3v) is 3.01. The number of carbonyl (C=O) groups is 1. The molecule has 1 aromatic carbocycles. The second kappa shape index (κ2) is 8.14. The summed E-state index contributed by atoms with van der Waals surface area (Å²) in [6, 6.07) is 7.42. The molecular weight excluding hydrogens is 286 g/mol. The summed E-state index contributed by atoms with van der Waals surface area (Å²) in [6.45, 7) is 0.982. The van der Waals surface area contributed by atoms with Crippen LogP contribution in [0.15, 0.2) is 28.8 Å². The van der Waals surface area contributed by atoms with Crippen LogP contribution in [0.5, 0.6) is 5.75 Å². The van der Waals surface area contributed by atoms with E-state index >= 15 is 0 Å². The zero-order valence-corrected chi connectivity index (χ0v) is 12.7. The fourth-order valence-electron chi connectivity index (χ4n) is 1.90. The van der Waals surface area contributed by atoms with Gasteiger partial charge in [0.25, 0.3) is 0 Å². The van der Waals surface area contributed by atoms with Crippen LogP contribution in [0.1, 0.15) is 12.3 Å². The van der Waals surface area contributed by atoms with Gasteiger partial charge < -0.3 is 19.3 Å². The fraction of sp³-hybridized carbons (Fsp3) is 0.400. The molecule has 0 atom stereocenters. The molecule has 118 valence electrons. The lowest BCUT2D eigenvalue weighted by molar-refractivity contribution is -0.121. The van der Waals surface area contributed by atoms with Gasteiger partial charge in [0.2, 0.25) is 17.6 Å². The van der Waals surface area contributed by atoms with Gasteiger partial charge in [-0.05, 0) is 12.1 Å². The Morgan fingerprint density at radius 2 is 2.14 bits per heavy atom. The predicted octanol–water partition coefficient (Wildman–Crippen LogP) is 1.44. The van der Waals surface area contributed by atoms with Crippen molar-refractivity contribution in [2.75, 3.05) is 27.4 Å². The maximum absolute atomic E-state index is 11.6. The molecule has 1 N–H and O–H groups in total. The molecule has 1 aromatic heterocycles. The summed E-state index contributed by atoms with van der Waals surface area (Å²) in [7, 11) is 3.17. The largest absolute Gasteiger partial charge is 0.496 e. The molecule has 7 nitrogen and oxygen atoms in total. The number of nitrogens with one attached hydrogen (secondary N) is 1. The van der Waals surface area contributed by atoms with Gasteiger partial charge >= 0.3 is 0 Å². The molecule has 0 spiro atoms. The number of methoxy groups -OCH3 is 2. The van der Waals surface area contributed by atoms with Crippen molar-refractivity contribution in [1.29, 1.82) is 0 Å². The van der Waals surface area contributed by atoms with Crippen LogP contribution < -0.4 is 10.1 Å². The molecule has 22 heavy (non-hydrogen) atoms. The first-order valence-electron chi connectivity index (χ1n) is 6.96. The number of nitrogens with zero attached hydrogens (tertiary/aromatic N) is 2.